The van der Waals surface area contributed by atoms with Crippen molar-refractivity contribution >= 4 is 17.7 Å². The molecule has 1 amide bonds. The minimum atomic E-state index is -1.000. The molecule has 2 atom stereocenters. The number of ether oxygens (including phenoxy) is 1. The van der Waals surface area contributed by atoms with Crippen molar-refractivity contribution in [3.05, 3.63) is 99.0 Å². The monoisotopic (exact) mass is 537 g/mol. The van der Waals surface area contributed by atoms with E-state index in [0.717, 1.165) is 16.5 Å². The van der Waals surface area contributed by atoms with Gasteiger partial charge in [-0.1, -0.05) is 38.1 Å². The SMILES string of the molecule is CC(C)C1/C=C/COc2cc(F)c(F)c3c2[C@H](c2ccccc2SC3)N2CN1C(=O)c1c(O)c(=O)ccn12. The van der Waals surface area contributed by atoms with Gasteiger partial charge in [-0.05, 0) is 23.6 Å². The van der Waals surface area contributed by atoms with Crippen molar-refractivity contribution in [1.82, 2.24) is 9.58 Å². The number of aromatic nitrogens is 1. The van der Waals surface area contributed by atoms with Crippen LogP contribution in [0.1, 0.15) is 47.1 Å². The number of hydrogen-bond donors (Lipinski definition) is 1. The minimum Gasteiger partial charge on any atom is -0.502 e. The van der Waals surface area contributed by atoms with Gasteiger partial charge in [0.05, 0.1) is 6.04 Å². The molecule has 4 heterocycles. The fourth-order valence-electron chi connectivity index (χ4n) is 5.49. The molecule has 3 aliphatic heterocycles. The quantitative estimate of drug-likeness (QED) is 0.459. The zero-order valence-electron chi connectivity index (χ0n) is 20.7. The molecule has 0 fully saturated rings. The first-order chi connectivity index (χ1) is 18.3. The number of fused-ring (bicyclic) bond motifs is 7. The van der Waals surface area contributed by atoms with Crippen LogP contribution in [0.2, 0.25) is 0 Å². The lowest BCUT2D eigenvalue weighted by Crippen LogP contribution is -2.58. The average Bonchev–Trinajstić information content (AvgIpc) is 3.08. The lowest BCUT2D eigenvalue weighted by atomic mass is 9.92. The van der Waals surface area contributed by atoms with E-state index in [-0.39, 0.29) is 42.0 Å². The number of carbonyl (C=O) groups excluding carboxylic acids is 1. The van der Waals surface area contributed by atoms with Gasteiger partial charge in [0.15, 0.2) is 23.1 Å². The third kappa shape index (κ3) is 3.69. The van der Waals surface area contributed by atoms with E-state index in [1.165, 1.54) is 28.7 Å². The number of pyridine rings is 1. The lowest BCUT2D eigenvalue weighted by molar-refractivity contribution is 0.0587. The number of halogens is 2. The molecule has 1 unspecified atom stereocenters. The summed E-state index contributed by atoms with van der Waals surface area (Å²) in [5, 5.41) is 12.6. The number of nitrogens with zero attached hydrogens (tertiary/aromatic N) is 3. The Morgan fingerprint density at radius 3 is 2.74 bits per heavy atom. The standard InChI is InChI=1S/C28H25F2N3O4S/c1-15(2)19-7-5-11-37-21-12-18(29)24(30)17-13-38-22-8-4-3-6-16(22)25(23(17)21)33-14-31(19)28(36)26-27(35)20(34)9-10-32(26)33/h3-10,12,15,19,25,35H,11,13-14H2,1-2H3/b7-5+/t19?,25-/m0/s1. The topological polar surface area (TPSA) is 75.0 Å². The maximum Gasteiger partial charge on any atom is 0.278 e. The van der Waals surface area contributed by atoms with Gasteiger partial charge in [-0.2, -0.15) is 0 Å². The highest BCUT2D eigenvalue weighted by atomic mass is 32.2. The molecule has 10 heteroatoms. The van der Waals surface area contributed by atoms with E-state index >= 15 is 4.39 Å². The molecule has 2 aromatic carbocycles. The Kier molecular flexibility index (Phi) is 5.94. The van der Waals surface area contributed by atoms with Crippen molar-refractivity contribution in [3.63, 3.8) is 0 Å². The third-order valence-corrected chi connectivity index (χ3v) is 8.40. The van der Waals surface area contributed by atoms with E-state index in [9.17, 15) is 19.1 Å². The molecule has 3 aromatic rings. The van der Waals surface area contributed by atoms with Crippen LogP contribution in [0, 0.1) is 17.6 Å². The number of benzene rings is 2. The highest BCUT2D eigenvalue weighted by Crippen LogP contribution is 2.47. The molecule has 0 aliphatic carbocycles. The van der Waals surface area contributed by atoms with Crippen LogP contribution in [-0.2, 0) is 5.75 Å². The summed E-state index contributed by atoms with van der Waals surface area (Å²) in [6.07, 6.45) is 5.03. The molecule has 6 rings (SSSR count). The number of amides is 1. The van der Waals surface area contributed by atoms with Crippen LogP contribution in [0.4, 0.5) is 8.78 Å². The van der Waals surface area contributed by atoms with Gasteiger partial charge in [0.1, 0.15) is 25.1 Å². The molecule has 2 bridgehead atoms. The van der Waals surface area contributed by atoms with Crippen LogP contribution >= 0.6 is 11.8 Å². The van der Waals surface area contributed by atoms with Gasteiger partial charge in [0.25, 0.3) is 5.91 Å². The van der Waals surface area contributed by atoms with Crippen LogP contribution in [-0.4, -0.2) is 39.9 Å². The minimum absolute atomic E-state index is 0.0215. The molecular formula is C28H25F2N3O4S. The molecule has 7 nitrogen and oxygen atoms in total. The summed E-state index contributed by atoms with van der Waals surface area (Å²) >= 11 is 1.39. The first kappa shape index (κ1) is 24.5. The fraction of sp³-hybridized carbons (Fsp3) is 0.286. The number of rotatable bonds is 1. The van der Waals surface area contributed by atoms with Crippen molar-refractivity contribution in [2.45, 2.75) is 36.6 Å². The van der Waals surface area contributed by atoms with Crippen molar-refractivity contribution in [2.24, 2.45) is 5.92 Å². The molecule has 1 aromatic heterocycles. The van der Waals surface area contributed by atoms with Gasteiger partial charge in [-0.15, -0.1) is 11.8 Å². The van der Waals surface area contributed by atoms with E-state index < -0.39 is 40.8 Å². The predicted molar refractivity (Wildman–Crippen MR) is 139 cm³/mol. The van der Waals surface area contributed by atoms with Crippen LogP contribution in [0.5, 0.6) is 11.5 Å². The highest BCUT2D eigenvalue weighted by Gasteiger charge is 2.43. The summed E-state index contributed by atoms with van der Waals surface area (Å²) in [5.74, 6) is -2.76. The lowest BCUT2D eigenvalue weighted by Gasteiger charge is -2.46. The molecule has 0 saturated carbocycles. The van der Waals surface area contributed by atoms with Crippen molar-refractivity contribution in [3.8, 4) is 11.5 Å². The molecule has 196 valence electrons. The van der Waals surface area contributed by atoms with Crippen LogP contribution in [0.25, 0.3) is 0 Å². The Balaban J connectivity index is 1.72. The molecule has 38 heavy (non-hydrogen) atoms. The van der Waals surface area contributed by atoms with E-state index in [2.05, 4.69) is 0 Å². The van der Waals surface area contributed by atoms with Gasteiger partial charge in [0.2, 0.25) is 5.43 Å². The van der Waals surface area contributed by atoms with Gasteiger partial charge in [-0.3, -0.25) is 19.3 Å². The average molecular weight is 538 g/mol. The normalized spacial score (nSPS) is 21.0. The predicted octanol–water partition coefficient (Wildman–Crippen LogP) is 4.55. The molecule has 1 N–H and O–H groups in total. The van der Waals surface area contributed by atoms with Crippen LogP contribution < -0.4 is 15.2 Å². The second kappa shape index (κ2) is 9.20. The Labute approximate surface area is 221 Å². The maximum absolute atomic E-state index is 15.4. The Hall–Kier alpha value is -3.79. The zero-order valence-corrected chi connectivity index (χ0v) is 21.5. The van der Waals surface area contributed by atoms with Gasteiger partial charge in [0, 0.05) is 40.1 Å². The number of thioether (sulfide) groups is 1. The number of aromatic hydroxyl groups is 1. The third-order valence-electron chi connectivity index (χ3n) is 7.28. The van der Waals surface area contributed by atoms with Crippen molar-refractivity contribution < 1.29 is 23.4 Å². The summed E-state index contributed by atoms with van der Waals surface area (Å²) < 4.78 is 37.8. The number of carbonyl (C=O) groups is 1. The largest absolute Gasteiger partial charge is 0.502 e. The highest BCUT2D eigenvalue weighted by molar-refractivity contribution is 7.98. The number of hydrogen-bond acceptors (Lipinski definition) is 6. The van der Waals surface area contributed by atoms with Gasteiger partial charge in [-0.25, -0.2) is 8.78 Å². The summed E-state index contributed by atoms with van der Waals surface area (Å²) in [4.78, 5) is 28.7. The second-order valence-electron chi connectivity index (χ2n) is 9.84. The molecule has 0 saturated heterocycles. The van der Waals surface area contributed by atoms with E-state index in [1.54, 1.807) is 16.0 Å². The molecule has 3 aliphatic rings. The van der Waals surface area contributed by atoms with E-state index in [4.69, 9.17) is 4.74 Å². The summed E-state index contributed by atoms with van der Waals surface area (Å²) in [5.41, 5.74) is 0.560. The van der Waals surface area contributed by atoms with Crippen LogP contribution in [0.15, 0.2) is 64.4 Å². The summed E-state index contributed by atoms with van der Waals surface area (Å²) in [6, 6.07) is 8.70. The smallest absolute Gasteiger partial charge is 0.278 e. The fourth-order valence-corrected chi connectivity index (χ4v) is 6.59. The summed E-state index contributed by atoms with van der Waals surface area (Å²) in [6.45, 7) is 4.08. The first-order valence-corrected chi connectivity index (χ1v) is 13.3. The van der Waals surface area contributed by atoms with Gasteiger partial charge < -0.3 is 14.7 Å². The van der Waals surface area contributed by atoms with E-state index in [1.807, 2.05) is 44.2 Å². The Morgan fingerprint density at radius 1 is 1.16 bits per heavy atom. The molecule has 0 spiro atoms. The van der Waals surface area contributed by atoms with Crippen LogP contribution in [0.3, 0.4) is 0 Å². The zero-order chi connectivity index (χ0) is 26.7. The Bertz CT molecular complexity index is 1550. The van der Waals surface area contributed by atoms with Gasteiger partial charge >= 0.3 is 0 Å². The summed E-state index contributed by atoms with van der Waals surface area (Å²) in [7, 11) is 0. The second-order valence-corrected chi connectivity index (χ2v) is 10.9. The molecule has 0 radical (unpaired) electrons. The van der Waals surface area contributed by atoms with Crippen molar-refractivity contribution in [2.75, 3.05) is 18.3 Å². The molecular weight excluding hydrogens is 512 g/mol. The van der Waals surface area contributed by atoms with Crippen molar-refractivity contribution in [1.29, 1.82) is 0 Å². The van der Waals surface area contributed by atoms with E-state index in [0.29, 0.717) is 5.56 Å². The maximum atomic E-state index is 15.4. The first-order valence-electron chi connectivity index (χ1n) is 12.3. The Morgan fingerprint density at radius 2 is 1.95 bits per heavy atom.